The van der Waals surface area contributed by atoms with E-state index in [2.05, 4.69) is 4.98 Å². The predicted octanol–water partition coefficient (Wildman–Crippen LogP) is 3.67. The van der Waals surface area contributed by atoms with Crippen LogP contribution >= 0.6 is 11.6 Å². The fourth-order valence-corrected chi connectivity index (χ4v) is 2.75. The van der Waals surface area contributed by atoms with E-state index < -0.39 is 11.6 Å². The second-order valence-corrected chi connectivity index (χ2v) is 5.57. The van der Waals surface area contributed by atoms with E-state index in [1.165, 1.54) is 6.20 Å². The summed E-state index contributed by atoms with van der Waals surface area (Å²) in [7, 11) is 0. The summed E-state index contributed by atoms with van der Waals surface area (Å²) in [5.41, 5.74) is 7.00. The number of aromatic nitrogens is 1. The topological polar surface area (TPSA) is 38.9 Å². The van der Waals surface area contributed by atoms with E-state index in [1.807, 2.05) is 0 Å². The van der Waals surface area contributed by atoms with Gasteiger partial charge in [0.2, 0.25) is 0 Å². The highest BCUT2D eigenvalue weighted by molar-refractivity contribution is 6.31. The molecule has 0 unspecified atom stereocenters. The van der Waals surface area contributed by atoms with E-state index in [0.717, 1.165) is 36.7 Å². The largest absolute Gasteiger partial charge is 0.330 e. The molecule has 0 saturated heterocycles. The zero-order valence-electron chi connectivity index (χ0n) is 10.7. The lowest BCUT2D eigenvalue weighted by Crippen LogP contribution is -2.21. The van der Waals surface area contributed by atoms with E-state index in [0.29, 0.717) is 17.1 Å². The zero-order chi connectivity index (χ0) is 14.3. The van der Waals surface area contributed by atoms with Crippen LogP contribution in [0.2, 0.25) is 5.02 Å². The number of hydrogen-bond acceptors (Lipinski definition) is 2. The summed E-state index contributed by atoms with van der Waals surface area (Å²) < 4.78 is 27.0. The van der Waals surface area contributed by atoms with Gasteiger partial charge in [-0.1, -0.05) is 11.6 Å². The van der Waals surface area contributed by atoms with Gasteiger partial charge in [0, 0.05) is 29.3 Å². The van der Waals surface area contributed by atoms with Crippen LogP contribution in [0, 0.1) is 11.6 Å². The van der Waals surface area contributed by atoms with E-state index in [-0.39, 0.29) is 11.0 Å². The Morgan fingerprint density at radius 2 is 2.00 bits per heavy atom. The van der Waals surface area contributed by atoms with Gasteiger partial charge in [0.25, 0.3) is 0 Å². The average Bonchev–Trinajstić information content (AvgIpc) is 3.22. The van der Waals surface area contributed by atoms with Crippen LogP contribution in [-0.4, -0.2) is 11.5 Å². The van der Waals surface area contributed by atoms with Gasteiger partial charge >= 0.3 is 0 Å². The molecule has 1 saturated carbocycles. The molecule has 2 nitrogen and oxygen atoms in total. The lowest BCUT2D eigenvalue weighted by Gasteiger charge is -2.14. The maximum absolute atomic E-state index is 13.7. The van der Waals surface area contributed by atoms with Crippen LogP contribution in [0.15, 0.2) is 30.5 Å². The van der Waals surface area contributed by atoms with Crippen LogP contribution < -0.4 is 5.73 Å². The summed E-state index contributed by atoms with van der Waals surface area (Å²) in [6.07, 6.45) is 3.45. The molecule has 2 N–H and O–H groups in total. The van der Waals surface area contributed by atoms with Crippen LogP contribution in [0.4, 0.5) is 8.78 Å². The molecule has 1 aromatic carbocycles. The minimum absolute atomic E-state index is 0.129. The molecule has 0 aliphatic heterocycles. The Hall–Kier alpha value is -1.52. The molecule has 0 atom stereocenters. The maximum Gasteiger partial charge on any atom is 0.131 e. The quantitative estimate of drug-likeness (QED) is 0.938. The molecule has 104 valence electrons. The third-order valence-corrected chi connectivity index (χ3v) is 4.12. The summed E-state index contributed by atoms with van der Waals surface area (Å²) in [6, 6.07) is 4.93. The van der Waals surface area contributed by atoms with Crippen molar-refractivity contribution in [3.8, 4) is 11.1 Å². The third-order valence-electron chi connectivity index (χ3n) is 3.83. The van der Waals surface area contributed by atoms with Gasteiger partial charge in [0.05, 0.1) is 10.7 Å². The Kier molecular flexibility index (Phi) is 3.22. The molecular formula is C15H13ClF2N2. The van der Waals surface area contributed by atoms with Crippen LogP contribution in [-0.2, 0) is 5.41 Å². The van der Waals surface area contributed by atoms with Crippen molar-refractivity contribution in [3.05, 3.63) is 52.8 Å². The Bertz CT molecular complexity index is 669. The third kappa shape index (κ3) is 2.19. The SMILES string of the molecule is NCC1(c2ncc(-c3cc(F)ccc3F)cc2Cl)CC1. The van der Waals surface area contributed by atoms with Gasteiger partial charge in [-0.2, -0.15) is 0 Å². The molecule has 1 aliphatic rings. The summed E-state index contributed by atoms with van der Waals surface area (Å²) in [5, 5.41) is 0.453. The lowest BCUT2D eigenvalue weighted by molar-refractivity contribution is 0.603. The second kappa shape index (κ2) is 4.79. The first-order valence-electron chi connectivity index (χ1n) is 6.37. The number of nitrogens with two attached hydrogens (primary N) is 1. The first-order chi connectivity index (χ1) is 9.55. The minimum Gasteiger partial charge on any atom is -0.330 e. The molecule has 1 aliphatic carbocycles. The van der Waals surface area contributed by atoms with Gasteiger partial charge < -0.3 is 5.73 Å². The van der Waals surface area contributed by atoms with Crippen LogP contribution in [0.5, 0.6) is 0 Å². The van der Waals surface area contributed by atoms with Crippen molar-refractivity contribution in [1.82, 2.24) is 4.98 Å². The molecule has 1 aromatic heterocycles. The number of halogens is 3. The predicted molar refractivity (Wildman–Crippen MR) is 74.6 cm³/mol. The summed E-state index contributed by atoms with van der Waals surface area (Å²) in [4.78, 5) is 4.33. The number of nitrogens with zero attached hydrogens (tertiary/aromatic N) is 1. The summed E-state index contributed by atoms with van der Waals surface area (Å²) >= 11 is 6.24. The van der Waals surface area contributed by atoms with Gasteiger partial charge in [-0.15, -0.1) is 0 Å². The summed E-state index contributed by atoms with van der Waals surface area (Å²) in [6.45, 7) is 0.493. The van der Waals surface area contributed by atoms with Crippen molar-refractivity contribution in [2.24, 2.45) is 5.73 Å². The highest BCUT2D eigenvalue weighted by Crippen LogP contribution is 2.49. The van der Waals surface area contributed by atoms with Crippen LogP contribution in [0.25, 0.3) is 11.1 Å². The number of benzene rings is 1. The lowest BCUT2D eigenvalue weighted by atomic mass is 10.00. The number of pyridine rings is 1. The minimum atomic E-state index is -0.503. The molecule has 2 aromatic rings. The smallest absolute Gasteiger partial charge is 0.131 e. The normalized spacial score (nSPS) is 16.2. The van der Waals surface area contributed by atoms with E-state index in [4.69, 9.17) is 17.3 Å². The highest BCUT2D eigenvalue weighted by atomic mass is 35.5. The monoisotopic (exact) mass is 294 g/mol. The Labute approximate surface area is 120 Å². The average molecular weight is 295 g/mol. The molecule has 20 heavy (non-hydrogen) atoms. The van der Waals surface area contributed by atoms with Crippen molar-refractivity contribution in [2.45, 2.75) is 18.3 Å². The molecule has 0 spiro atoms. The molecule has 1 fully saturated rings. The molecule has 0 amide bonds. The van der Waals surface area contributed by atoms with Gasteiger partial charge in [-0.3, -0.25) is 4.98 Å². The molecular weight excluding hydrogens is 282 g/mol. The van der Waals surface area contributed by atoms with E-state index in [9.17, 15) is 8.78 Å². The fraction of sp³-hybridized carbons (Fsp3) is 0.267. The van der Waals surface area contributed by atoms with Gasteiger partial charge in [-0.25, -0.2) is 8.78 Å². The zero-order valence-corrected chi connectivity index (χ0v) is 11.4. The first-order valence-corrected chi connectivity index (χ1v) is 6.75. The Morgan fingerprint density at radius 3 is 2.60 bits per heavy atom. The molecule has 0 bridgehead atoms. The van der Waals surface area contributed by atoms with Gasteiger partial charge in [0.15, 0.2) is 0 Å². The van der Waals surface area contributed by atoms with Crippen molar-refractivity contribution in [2.75, 3.05) is 6.54 Å². The van der Waals surface area contributed by atoms with Gasteiger partial charge in [0.1, 0.15) is 11.6 Å². The molecule has 0 radical (unpaired) electrons. The fourth-order valence-electron chi connectivity index (χ4n) is 2.38. The van der Waals surface area contributed by atoms with E-state index >= 15 is 0 Å². The van der Waals surface area contributed by atoms with E-state index in [1.54, 1.807) is 6.07 Å². The van der Waals surface area contributed by atoms with Crippen molar-refractivity contribution >= 4 is 11.6 Å². The maximum atomic E-state index is 13.7. The summed E-state index contributed by atoms with van der Waals surface area (Å²) in [5.74, 6) is -1.00. The number of rotatable bonds is 3. The van der Waals surface area contributed by atoms with Crippen LogP contribution in [0.3, 0.4) is 0 Å². The first kappa shape index (κ1) is 13.5. The Balaban J connectivity index is 2.05. The standard InChI is InChI=1S/C15H13ClF2N2/c16-12-5-9(11-6-10(17)1-2-13(11)18)7-20-14(12)15(8-19)3-4-15/h1-2,5-7H,3-4,8,19H2. The Morgan fingerprint density at radius 1 is 1.25 bits per heavy atom. The van der Waals surface area contributed by atoms with Crippen molar-refractivity contribution in [3.63, 3.8) is 0 Å². The van der Waals surface area contributed by atoms with Crippen LogP contribution in [0.1, 0.15) is 18.5 Å². The molecule has 3 rings (SSSR count). The van der Waals surface area contributed by atoms with Crippen molar-refractivity contribution < 1.29 is 8.78 Å². The second-order valence-electron chi connectivity index (χ2n) is 5.16. The van der Waals surface area contributed by atoms with Crippen molar-refractivity contribution in [1.29, 1.82) is 0 Å². The highest BCUT2D eigenvalue weighted by Gasteiger charge is 2.45. The van der Waals surface area contributed by atoms with Gasteiger partial charge in [-0.05, 0) is 37.1 Å². The molecule has 5 heteroatoms. The molecule has 1 heterocycles. The number of hydrogen-bond donors (Lipinski definition) is 1.